The second-order valence-corrected chi connectivity index (χ2v) is 5.01. The van der Waals surface area contributed by atoms with Crippen molar-refractivity contribution in [3.63, 3.8) is 0 Å². The molecular weight excluding hydrogens is 248 g/mol. The average molecular weight is 268 g/mol. The molecule has 2 N–H and O–H groups in total. The Hall–Kier alpha value is -1.23. The monoisotopic (exact) mass is 268 g/mol. The van der Waals surface area contributed by atoms with Gasteiger partial charge in [0.2, 0.25) is 0 Å². The van der Waals surface area contributed by atoms with Crippen molar-refractivity contribution in [1.82, 2.24) is 4.98 Å². The molecule has 0 aliphatic rings. The van der Waals surface area contributed by atoms with Crippen molar-refractivity contribution in [2.45, 2.75) is 32.7 Å². The Morgan fingerprint density at radius 2 is 2.22 bits per heavy atom. The van der Waals surface area contributed by atoms with Gasteiger partial charge in [0.15, 0.2) is 0 Å². The zero-order valence-electron chi connectivity index (χ0n) is 11.1. The quantitative estimate of drug-likeness (QED) is 0.796. The molecular formula is C13H20N2O2S. The molecule has 1 heterocycles. The first-order valence-electron chi connectivity index (χ1n) is 6.10. The van der Waals surface area contributed by atoms with Gasteiger partial charge >= 0.3 is 5.97 Å². The lowest BCUT2D eigenvalue weighted by Gasteiger charge is -2.17. The Kier molecular flexibility index (Phi) is 5.98. The summed E-state index contributed by atoms with van der Waals surface area (Å²) in [5, 5.41) is 12.4. The number of aromatic nitrogens is 1. The predicted octanol–water partition coefficient (Wildman–Crippen LogP) is 2.90. The van der Waals surface area contributed by atoms with Gasteiger partial charge < -0.3 is 10.4 Å². The Balaban J connectivity index is 2.93. The molecule has 0 amide bonds. The van der Waals surface area contributed by atoms with Crippen LogP contribution in [0.1, 0.15) is 36.3 Å². The number of aryl methyl sites for hydroxylation is 1. The summed E-state index contributed by atoms with van der Waals surface area (Å²) in [6, 6.07) is 3.55. The van der Waals surface area contributed by atoms with Gasteiger partial charge in [0.05, 0.1) is 5.56 Å². The number of anilines is 1. The van der Waals surface area contributed by atoms with Crippen LogP contribution in [0.3, 0.4) is 0 Å². The summed E-state index contributed by atoms with van der Waals surface area (Å²) in [4.78, 5) is 15.5. The molecule has 0 saturated heterocycles. The lowest BCUT2D eigenvalue weighted by molar-refractivity contribution is 0.0696. The number of carboxylic acid groups (broad SMARTS) is 1. The molecule has 0 bridgehead atoms. The van der Waals surface area contributed by atoms with Crippen LogP contribution in [0.4, 0.5) is 5.82 Å². The molecule has 0 saturated carbocycles. The molecule has 0 aliphatic heterocycles. The molecule has 1 aromatic heterocycles. The minimum atomic E-state index is -0.909. The Morgan fingerprint density at radius 3 is 2.72 bits per heavy atom. The van der Waals surface area contributed by atoms with Gasteiger partial charge in [-0.3, -0.25) is 0 Å². The first kappa shape index (κ1) is 14.8. The Labute approximate surface area is 112 Å². The van der Waals surface area contributed by atoms with Crippen LogP contribution in [0.25, 0.3) is 0 Å². The number of aromatic carboxylic acids is 1. The largest absolute Gasteiger partial charge is 0.478 e. The summed E-state index contributed by atoms with van der Waals surface area (Å²) in [6.45, 7) is 4.08. The van der Waals surface area contributed by atoms with E-state index in [9.17, 15) is 4.79 Å². The molecule has 100 valence electrons. The third kappa shape index (κ3) is 4.22. The summed E-state index contributed by atoms with van der Waals surface area (Å²) < 4.78 is 0. The predicted molar refractivity (Wildman–Crippen MR) is 76.7 cm³/mol. The summed E-state index contributed by atoms with van der Waals surface area (Å²) in [5.41, 5.74) is 1.10. The number of pyridine rings is 1. The minimum Gasteiger partial charge on any atom is -0.478 e. The molecule has 0 aliphatic carbocycles. The summed E-state index contributed by atoms with van der Waals surface area (Å²) in [5.74, 6) is 0.734. The molecule has 1 rings (SSSR count). The van der Waals surface area contributed by atoms with E-state index in [1.54, 1.807) is 23.9 Å². The van der Waals surface area contributed by atoms with E-state index in [1.807, 2.05) is 6.92 Å². The van der Waals surface area contributed by atoms with Crippen molar-refractivity contribution in [3.05, 3.63) is 23.4 Å². The van der Waals surface area contributed by atoms with Gasteiger partial charge in [-0.2, -0.15) is 11.8 Å². The number of hydrogen-bond donors (Lipinski definition) is 2. The third-order valence-electron chi connectivity index (χ3n) is 2.70. The van der Waals surface area contributed by atoms with Gasteiger partial charge in [0, 0.05) is 17.5 Å². The molecule has 4 nitrogen and oxygen atoms in total. The van der Waals surface area contributed by atoms with Crippen LogP contribution < -0.4 is 5.32 Å². The van der Waals surface area contributed by atoms with E-state index >= 15 is 0 Å². The van der Waals surface area contributed by atoms with Crippen LogP contribution in [0.15, 0.2) is 12.1 Å². The lowest BCUT2D eigenvalue weighted by Crippen LogP contribution is -2.22. The van der Waals surface area contributed by atoms with Crippen LogP contribution in [0, 0.1) is 0 Å². The molecule has 1 aromatic rings. The Morgan fingerprint density at radius 1 is 1.50 bits per heavy atom. The van der Waals surface area contributed by atoms with E-state index in [-0.39, 0.29) is 0 Å². The van der Waals surface area contributed by atoms with E-state index in [1.165, 1.54) is 0 Å². The topological polar surface area (TPSA) is 62.2 Å². The van der Waals surface area contributed by atoms with Crippen LogP contribution >= 0.6 is 11.8 Å². The van der Waals surface area contributed by atoms with Crippen LogP contribution in [-0.2, 0) is 6.42 Å². The second kappa shape index (κ2) is 7.26. The molecule has 0 fully saturated rings. The molecule has 0 aromatic carbocycles. The zero-order chi connectivity index (χ0) is 13.5. The van der Waals surface area contributed by atoms with E-state index in [4.69, 9.17) is 5.11 Å². The number of carbonyl (C=O) groups is 1. The van der Waals surface area contributed by atoms with Crippen molar-refractivity contribution in [2.75, 3.05) is 17.3 Å². The number of carboxylic acids is 1. The van der Waals surface area contributed by atoms with E-state index < -0.39 is 5.97 Å². The summed E-state index contributed by atoms with van der Waals surface area (Å²) in [6.07, 6.45) is 3.78. The normalized spacial score (nSPS) is 12.2. The van der Waals surface area contributed by atoms with Crippen LogP contribution in [0.5, 0.6) is 0 Å². The highest BCUT2D eigenvalue weighted by Gasteiger charge is 2.11. The van der Waals surface area contributed by atoms with Crippen LogP contribution in [0.2, 0.25) is 0 Å². The maximum Gasteiger partial charge on any atom is 0.335 e. The fraction of sp³-hybridized carbons (Fsp3) is 0.538. The van der Waals surface area contributed by atoms with Crippen LogP contribution in [-0.4, -0.2) is 34.1 Å². The molecule has 0 radical (unpaired) electrons. The molecule has 1 atom stereocenters. The SMILES string of the molecule is CCc1cc(C(=O)O)cc(NC(CC)CSC)n1. The smallest absolute Gasteiger partial charge is 0.335 e. The number of thioether (sulfide) groups is 1. The fourth-order valence-corrected chi connectivity index (χ4v) is 2.36. The maximum atomic E-state index is 11.0. The van der Waals surface area contributed by atoms with Gasteiger partial charge in [0.1, 0.15) is 5.82 Å². The van der Waals surface area contributed by atoms with Crippen molar-refractivity contribution in [1.29, 1.82) is 0 Å². The number of rotatable bonds is 7. The average Bonchev–Trinajstić information content (AvgIpc) is 2.37. The highest BCUT2D eigenvalue weighted by molar-refractivity contribution is 7.98. The van der Waals surface area contributed by atoms with Gasteiger partial charge in [-0.25, -0.2) is 9.78 Å². The van der Waals surface area contributed by atoms with Gasteiger partial charge in [-0.15, -0.1) is 0 Å². The first-order chi connectivity index (χ1) is 8.60. The number of hydrogen-bond acceptors (Lipinski definition) is 4. The highest BCUT2D eigenvalue weighted by atomic mass is 32.2. The number of nitrogens with zero attached hydrogens (tertiary/aromatic N) is 1. The molecule has 0 spiro atoms. The van der Waals surface area contributed by atoms with Crippen molar-refractivity contribution >= 4 is 23.5 Å². The fourth-order valence-electron chi connectivity index (χ4n) is 1.64. The number of nitrogens with one attached hydrogen (secondary N) is 1. The second-order valence-electron chi connectivity index (χ2n) is 4.10. The van der Waals surface area contributed by atoms with E-state index in [0.29, 0.717) is 17.4 Å². The summed E-state index contributed by atoms with van der Waals surface area (Å²) >= 11 is 1.77. The lowest BCUT2D eigenvalue weighted by atomic mass is 10.2. The molecule has 1 unspecified atom stereocenters. The molecule has 18 heavy (non-hydrogen) atoms. The van der Waals surface area contributed by atoms with Gasteiger partial charge in [-0.1, -0.05) is 13.8 Å². The zero-order valence-corrected chi connectivity index (χ0v) is 11.9. The van der Waals surface area contributed by atoms with Gasteiger partial charge in [0.25, 0.3) is 0 Å². The van der Waals surface area contributed by atoms with Crippen molar-refractivity contribution in [3.8, 4) is 0 Å². The highest BCUT2D eigenvalue weighted by Crippen LogP contribution is 2.14. The summed E-state index contributed by atoms with van der Waals surface area (Å²) in [7, 11) is 0. The maximum absolute atomic E-state index is 11.0. The van der Waals surface area contributed by atoms with E-state index in [0.717, 1.165) is 24.3 Å². The van der Waals surface area contributed by atoms with Crippen molar-refractivity contribution in [2.24, 2.45) is 0 Å². The van der Waals surface area contributed by atoms with Crippen molar-refractivity contribution < 1.29 is 9.90 Å². The first-order valence-corrected chi connectivity index (χ1v) is 7.49. The molecule has 5 heteroatoms. The van der Waals surface area contributed by atoms with E-state index in [2.05, 4.69) is 23.5 Å². The third-order valence-corrected chi connectivity index (χ3v) is 3.44. The standard InChI is InChI=1S/C13H20N2O2S/c1-4-10-6-9(13(16)17)7-12(14-10)15-11(5-2)8-18-3/h6-7,11H,4-5,8H2,1-3H3,(H,14,15)(H,16,17). The van der Waals surface area contributed by atoms with Gasteiger partial charge in [-0.05, 0) is 31.2 Å². The minimum absolute atomic E-state index is 0.295. The Bertz CT molecular complexity index is 410.